The highest BCUT2D eigenvalue weighted by Crippen LogP contribution is 2.39. The third kappa shape index (κ3) is 4.97. The number of hydrogen-bond donors (Lipinski definition) is 0. The van der Waals surface area contributed by atoms with Gasteiger partial charge in [0.15, 0.2) is 17.6 Å². The van der Waals surface area contributed by atoms with Gasteiger partial charge in [-0.1, -0.05) is 32.9 Å². The van der Waals surface area contributed by atoms with Crippen LogP contribution in [0.2, 0.25) is 0 Å². The molecule has 1 unspecified atom stereocenters. The highest BCUT2D eigenvalue weighted by Gasteiger charge is 2.38. The van der Waals surface area contributed by atoms with Crippen LogP contribution in [0.4, 0.5) is 5.69 Å². The fraction of sp³-hybridized carbons (Fsp3) is 0.500. The first-order valence-corrected chi connectivity index (χ1v) is 14.0. The number of piperazine rings is 1. The van der Waals surface area contributed by atoms with Crippen molar-refractivity contribution in [1.82, 2.24) is 9.80 Å². The Morgan fingerprint density at radius 2 is 1.67 bits per heavy atom. The number of carbonyl (C=O) groups is 1. The van der Waals surface area contributed by atoms with Crippen LogP contribution in [-0.4, -0.2) is 76.0 Å². The van der Waals surface area contributed by atoms with Gasteiger partial charge in [-0.25, -0.2) is 8.42 Å². The topological polar surface area (TPSA) is 88.6 Å². The lowest BCUT2D eigenvalue weighted by Gasteiger charge is -2.39. The van der Waals surface area contributed by atoms with E-state index in [0.717, 1.165) is 29.2 Å². The molecule has 2 aromatic rings. The number of anilines is 1. The SMILES string of the molecule is CC(C)(C)c1ccc2c(c1)N(S(C)(=O)=O)CC(C(=O)N1CCN(Cc3ccc4c(c3)OCO4)CC1)O2. The zero-order valence-electron chi connectivity index (χ0n) is 21.2. The van der Waals surface area contributed by atoms with E-state index in [2.05, 4.69) is 25.7 Å². The molecule has 0 aromatic heterocycles. The molecule has 0 radical (unpaired) electrons. The molecule has 1 fully saturated rings. The number of ether oxygens (including phenoxy) is 3. The maximum Gasteiger partial charge on any atom is 0.265 e. The average Bonchev–Trinajstić information content (AvgIpc) is 3.30. The zero-order valence-corrected chi connectivity index (χ0v) is 22.0. The Morgan fingerprint density at radius 1 is 0.972 bits per heavy atom. The van der Waals surface area contributed by atoms with E-state index < -0.39 is 16.1 Å². The highest BCUT2D eigenvalue weighted by molar-refractivity contribution is 7.92. The molecular formula is C26H33N3O6S. The lowest BCUT2D eigenvalue weighted by Crippen LogP contribution is -2.56. The monoisotopic (exact) mass is 515 g/mol. The molecule has 1 saturated heterocycles. The van der Waals surface area contributed by atoms with Gasteiger partial charge >= 0.3 is 0 Å². The van der Waals surface area contributed by atoms with E-state index in [9.17, 15) is 13.2 Å². The Bertz CT molecular complexity index is 1260. The minimum absolute atomic E-state index is 0.0321. The van der Waals surface area contributed by atoms with E-state index >= 15 is 0 Å². The van der Waals surface area contributed by atoms with Crippen LogP contribution < -0.4 is 18.5 Å². The fourth-order valence-electron chi connectivity index (χ4n) is 4.79. The van der Waals surface area contributed by atoms with Gasteiger partial charge in [0.2, 0.25) is 16.8 Å². The summed E-state index contributed by atoms with van der Waals surface area (Å²) in [5.41, 5.74) is 2.47. The number of benzene rings is 2. The molecule has 0 N–H and O–H groups in total. The molecule has 1 atom stereocenters. The molecule has 2 aromatic carbocycles. The van der Waals surface area contributed by atoms with E-state index in [1.54, 1.807) is 11.0 Å². The molecule has 1 amide bonds. The fourth-order valence-corrected chi connectivity index (χ4v) is 5.69. The van der Waals surface area contributed by atoms with Crippen LogP contribution in [0, 0.1) is 0 Å². The maximum absolute atomic E-state index is 13.4. The summed E-state index contributed by atoms with van der Waals surface area (Å²) in [4.78, 5) is 17.4. The number of sulfonamides is 1. The largest absolute Gasteiger partial charge is 0.476 e. The normalized spacial score (nSPS) is 20.2. The summed E-state index contributed by atoms with van der Waals surface area (Å²) in [6.45, 7) is 9.73. The summed E-state index contributed by atoms with van der Waals surface area (Å²) in [5.74, 6) is 1.76. The molecule has 0 spiro atoms. The van der Waals surface area contributed by atoms with Crippen molar-refractivity contribution in [2.75, 3.05) is 50.1 Å². The van der Waals surface area contributed by atoms with Gasteiger partial charge in [0.05, 0.1) is 18.5 Å². The van der Waals surface area contributed by atoms with Crippen molar-refractivity contribution in [3.8, 4) is 17.2 Å². The summed E-state index contributed by atoms with van der Waals surface area (Å²) >= 11 is 0. The summed E-state index contributed by atoms with van der Waals surface area (Å²) < 4.78 is 43.6. The smallest absolute Gasteiger partial charge is 0.265 e. The molecule has 0 bridgehead atoms. The summed E-state index contributed by atoms with van der Waals surface area (Å²) in [6.07, 6.45) is 0.288. The third-order valence-electron chi connectivity index (χ3n) is 6.90. The number of fused-ring (bicyclic) bond motifs is 2. The quantitative estimate of drug-likeness (QED) is 0.619. The van der Waals surface area contributed by atoms with E-state index in [1.165, 1.54) is 10.6 Å². The Labute approximate surface area is 212 Å². The van der Waals surface area contributed by atoms with Gasteiger partial charge in [0.1, 0.15) is 5.75 Å². The van der Waals surface area contributed by atoms with Crippen LogP contribution in [0.25, 0.3) is 0 Å². The second-order valence-corrected chi connectivity index (χ2v) is 12.5. The van der Waals surface area contributed by atoms with E-state index in [-0.39, 0.29) is 24.7 Å². The van der Waals surface area contributed by atoms with E-state index in [1.807, 2.05) is 30.3 Å². The van der Waals surface area contributed by atoms with Crippen LogP contribution in [-0.2, 0) is 26.8 Å². The molecule has 3 aliphatic rings. The molecule has 3 heterocycles. The summed E-state index contributed by atoms with van der Waals surface area (Å²) in [7, 11) is -3.59. The Balaban J connectivity index is 1.25. The lowest BCUT2D eigenvalue weighted by molar-refractivity contribution is -0.140. The number of carbonyl (C=O) groups excluding carboxylic acids is 1. The molecule has 0 aliphatic carbocycles. The molecule has 3 aliphatic heterocycles. The zero-order chi connectivity index (χ0) is 25.7. The van der Waals surface area contributed by atoms with Gasteiger partial charge in [-0.3, -0.25) is 14.0 Å². The van der Waals surface area contributed by atoms with Crippen molar-refractivity contribution < 1.29 is 27.4 Å². The Kier molecular flexibility index (Phi) is 6.28. The van der Waals surface area contributed by atoms with Crippen molar-refractivity contribution in [3.05, 3.63) is 47.5 Å². The predicted molar refractivity (Wildman–Crippen MR) is 136 cm³/mol. The lowest BCUT2D eigenvalue weighted by atomic mass is 9.86. The van der Waals surface area contributed by atoms with Crippen LogP contribution in [0.5, 0.6) is 17.2 Å². The van der Waals surface area contributed by atoms with Gasteiger partial charge in [0, 0.05) is 32.7 Å². The van der Waals surface area contributed by atoms with Gasteiger partial charge in [0.25, 0.3) is 5.91 Å². The van der Waals surface area contributed by atoms with E-state index in [0.29, 0.717) is 37.6 Å². The van der Waals surface area contributed by atoms with Gasteiger partial charge in [-0.15, -0.1) is 0 Å². The van der Waals surface area contributed by atoms with Crippen molar-refractivity contribution in [3.63, 3.8) is 0 Å². The molecule has 5 rings (SSSR count). The van der Waals surface area contributed by atoms with Gasteiger partial charge < -0.3 is 19.1 Å². The first kappa shape index (κ1) is 24.7. The number of hydrogen-bond acceptors (Lipinski definition) is 7. The summed E-state index contributed by atoms with van der Waals surface area (Å²) in [5, 5.41) is 0. The van der Waals surface area contributed by atoms with Crippen LogP contribution in [0.1, 0.15) is 31.9 Å². The molecule has 36 heavy (non-hydrogen) atoms. The third-order valence-corrected chi connectivity index (χ3v) is 8.04. The van der Waals surface area contributed by atoms with Gasteiger partial charge in [-0.05, 0) is 40.8 Å². The maximum atomic E-state index is 13.4. The number of rotatable bonds is 4. The molecule has 10 heteroatoms. The van der Waals surface area contributed by atoms with Crippen molar-refractivity contribution in [1.29, 1.82) is 0 Å². The summed E-state index contributed by atoms with van der Waals surface area (Å²) in [6, 6.07) is 11.5. The minimum Gasteiger partial charge on any atom is -0.476 e. The molecule has 0 saturated carbocycles. The van der Waals surface area contributed by atoms with Crippen LogP contribution in [0.15, 0.2) is 36.4 Å². The van der Waals surface area contributed by atoms with E-state index in [4.69, 9.17) is 14.2 Å². The Hall–Kier alpha value is -2.98. The minimum atomic E-state index is -3.59. The van der Waals surface area contributed by atoms with Gasteiger partial charge in [-0.2, -0.15) is 0 Å². The average molecular weight is 516 g/mol. The van der Waals surface area contributed by atoms with Crippen LogP contribution >= 0.6 is 0 Å². The standard InChI is InChI=1S/C26H33N3O6S/c1-26(2,3)19-6-8-21-20(14-19)29(36(4,31)32)16-24(35-21)25(30)28-11-9-27(10-12-28)15-18-5-7-22-23(13-18)34-17-33-22/h5-8,13-14,24H,9-12,15-17H2,1-4H3. The van der Waals surface area contributed by atoms with Crippen LogP contribution in [0.3, 0.4) is 0 Å². The predicted octanol–water partition coefficient (Wildman–Crippen LogP) is 2.58. The highest BCUT2D eigenvalue weighted by atomic mass is 32.2. The number of nitrogens with zero attached hydrogens (tertiary/aromatic N) is 3. The molecule has 9 nitrogen and oxygen atoms in total. The molecule has 194 valence electrons. The van der Waals surface area contributed by atoms with Crippen molar-refractivity contribution in [2.45, 2.75) is 38.8 Å². The second kappa shape index (κ2) is 9.15. The van der Waals surface area contributed by atoms with Crippen molar-refractivity contribution >= 4 is 21.6 Å². The second-order valence-electron chi connectivity index (χ2n) is 10.6. The molecular weight excluding hydrogens is 482 g/mol. The first-order valence-electron chi connectivity index (χ1n) is 12.2. The van der Waals surface area contributed by atoms with Crippen molar-refractivity contribution in [2.24, 2.45) is 0 Å². The first-order chi connectivity index (χ1) is 17.0. The number of amides is 1. The Morgan fingerprint density at radius 3 is 2.36 bits per heavy atom.